The third-order valence-corrected chi connectivity index (χ3v) is 8.47. The maximum absolute atomic E-state index is 12.8. The summed E-state index contributed by atoms with van der Waals surface area (Å²) in [5.41, 5.74) is 8.21. The Hall–Kier alpha value is -3.16. The lowest BCUT2D eigenvalue weighted by Crippen LogP contribution is -2.67. The summed E-state index contributed by atoms with van der Waals surface area (Å²) < 4.78 is 37.1. The SMILES string of the molecule is CNC1(C)CN(c2ncc(-c3n[nH]c4cc(OC)c(O[C@H](N)c5c(Cl)cncc5Cl)cc34)cc2S(C)(=O)=O)C1. The molecule has 1 atom stereocenters. The number of sulfone groups is 1. The van der Waals surface area contributed by atoms with Gasteiger partial charge in [0.2, 0.25) is 0 Å². The van der Waals surface area contributed by atoms with Crippen LogP contribution in [0.1, 0.15) is 18.7 Å². The highest BCUT2D eigenvalue weighted by molar-refractivity contribution is 7.90. The lowest BCUT2D eigenvalue weighted by atomic mass is 9.92. The molecule has 1 aliphatic heterocycles. The van der Waals surface area contributed by atoms with Crippen LogP contribution in [0, 0.1) is 0 Å². The van der Waals surface area contributed by atoms with E-state index in [4.69, 9.17) is 38.4 Å². The van der Waals surface area contributed by atoms with Gasteiger partial charge in [-0.2, -0.15) is 5.10 Å². The Kier molecular flexibility index (Phi) is 7.10. The quantitative estimate of drug-likeness (QED) is 0.259. The normalized spacial score (nSPS) is 15.7. The van der Waals surface area contributed by atoms with Crippen LogP contribution in [-0.4, -0.2) is 67.6 Å². The van der Waals surface area contributed by atoms with Gasteiger partial charge in [0.05, 0.1) is 28.2 Å². The second-order valence-electron chi connectivity index (χ2n) is 9.66. The Morgan fingerprint density at radius 3 is 2.46 bits per heavy atom. The van der Waals surface area contributed by atoms with E-state index in [1.54, 1.807) is 24.4 Å². The number of anilines is 1. The Labute approximate surface area is 235 Å². The summed E-state index contributed by atoms with van der Waals surface area (Å²) >= 11 is 12.5. The highest BCUT2D eigenvalue weighted by Gasteiger charge is 2.40. The fourth-order valence-electron chi connectivity index (χ4n) is 4.57. The highest BCUT2D eigenvalue weighted by atomic mass is 35.5. The van der Waals surface area contributed by atoms with Crippen molar-refractivity contribution in [3.8, 4) is 22.8 Å². The second-order valence-corrected chi connectivity index (χ2v) is 12.5. The van der Waals surface area contributed by atoms with Crippen LogP contribution < -0.4 is 25.4 Å². The van der Waals surface area contributed by atoms with Gasteiger partial charge in [0.25, 0.3) is 0 Å². The van der Waals surface area contributed by atoms with Crippen molar-refractivity contribution in [2.24, 2.45) is 5.73 Å². The first kappa shape index (κ1) is 27.4. The number of rotatable bonds is 8. The van der Waals surface area contributed by atoms with E-state index >= 15 is 0 Å². The van der Waals surface area contributed by atoms with Crippen LogP contribution in [0.25, 0.3) is 22.2 Å². The molecule has 3 aromatic heterocycles. The summed E-state index contributed by atoms with van der Waals surface area (Å²) in [5, 5.41) is 11.8. The van der Waals surface area contributed by atoms with E-state index in [0.717, 1.165) is 0 Å². The number of likely N-dealkylation sites (N-methyl/N-ethyl adjacent to an activating group) is 1. The first-order chi connectivity index (χ1) is 18.4. The third-order valence-electron chi connectivity index (χ3n) is 6.76. The van der Waals surface area contributed by atoms with Crippen molar-refractivity contribution in [2.45, 2.75) is 23.6 Å². The number of H-pyrrole nitrogens is 1. The van der Waals surface area contributed by atoms with Gasteiger partial charge < -0.3 is 19.7 Å². The van der Waals surface area contributed by atoms with Gasteiger partial charge in [-0.3, -0.25) is 15.8 Å². The molecule has 1 aliphatic rings. The van der Waals surface area contributed by atoms with Crippen LogP contribution in [0.3, 0.4) is 0 Å². The van der Waals surface area contributed by atoms with E-state index in [1.807, 2.05) is 11.9 Å². The van der Waals surface area contributed by atoms with Gasteiger partial charge in [-0.05, 0) is 26.1 Å². The topological polar surface area (TPSA) is 148 Å². The average molecular weight is 593 g/mol. The summed E-state index contributed by atoms with van der Waals surface area (Å²) in [6.07, 6.45) is 4.62. The monoisotopic (exact) mass is 591 g/mol. The molecule has 39 heavy (non-hydrogen) atoms. The second kappa shape index (κ2) is 10.1. The van der Waals surface area contributed by atoms with Crippen molar-refractivity contribution < 1.29 is 17.9 Å². The van der Waals surface area contributed by atoms with Crippen LogP contribution in [0.2, 0.25) is 10.0 Å². The molecule has 1 aromatic carbocycles. The van der Waals surface area contributed by atoms with Crippen LogP contribution in [-0.2, 0) is 9.84 Å². The number of ether oxygens (including phenoxy) is 2. The Bertz CT molecular complexity index is 1650. The molecule has 14 heteroatoms. The first-order valence-electron chi connectivity index (χ1n) is 11.9. The molecule has 0 amide bonds. The minimum Gasteiger partial charge on any atom is -0.493 e. The standard InChI is InChI=1S/C25H27Cl2N7O4S/c1-25(29-2)11-34(12-25)24-20(39(4,35)36)5-13(8-31-24)22-14-6-19(18(37-3)7-17(14)32-33-22)38-23(28)21-15(26)9-30-10-16(21)27/h5-10,23,29H,11-12,28H2,1-4H3,(H,32,33)/t23-/m0/s1. The lowest BCUT2D eigenvalue weighted by molar-refractivity contribution is 0.204. The highest BCUT2D eigenvalue weighted by Crippen LogP contribution is 2.40. The molecule has 0 aliphatic carbocycles. The number of methoxy groups -OCH3 is 1. The van der Waals surface area contributed by atoms with Crippen LogP contribution >= 0.6 is 23.2 Å². The molecule has 0 saturated carbocycles. The van der Waals surface area contributed by atoms with E-state index < -0.39 is 16.1 Å². The van der Waals surface area contributed by atoms with Gasteiger partial charge in [-0.25, -0.2) is 13.4 Å². The predicted molar refractivity (Wildman–Crippen MR) is 150 cm³/mol. The zero-order valence-corrected chi connectivity index (χ0v) is 23.9. The van der Waals surface area contributed by atoms with Crippen LogP contribution in [0.4, 0.5) is 5.82 Å². The molecule has 0 radical (unpaired) electrons. The van der Waals surface area contributed by atoms with Crippen LogP contribution in [0.15, 0.2) is 41.7 Å². The van der Waals surface area contributed by atoms with Crippen molar-refractivity contribution in [2.75, 3.05) is 38.4 Å². The number of nitrogens with two attached hydrogens (primary N) is 1. The zero-order chi connectivity index (χ0) is 28.1. The molecule has 0 bridgehead atoms. The van der Waals surface area contributed by atoms with Gasteiger partial charge >= 0.3 is 0 Å². The number of aromatic nitrogens is 4. The summed E-state index contributed by atoms with van der Waals surface area (Å²) in [7, 11) is -0.211. The van der Waals surface area contributed by atoms with E-state index in [9.17, 15) is 8.42 Å². The zero-order valence-electron chi connectivity index (χ0n) is 21.6. The summed E-state index contributed by atoms with van der Waals surface area (Å²) in [6.45, 7) is 3.34. The Morgan fingerprint density at radius 2 is 1.85 bits per heavy atom. The van der Waals surface area contributed by atoms with Crippen molar-refractivity contribution in [3.63, 3.8) is 0 Å². The number of pyridine rings is 2. The Balaban J connectivity index is 1.55. The molecular formula is C25H27Cl2N7O4S. The minimum atomic E-state index is -3.59. The number of hydrogen-bond acceptors (Lipinski definition) is 10. The van der Waals surface area contributed by atoms with Gasteiger partial charge in [-0.15, -0.1) is 0 Å². The Morgan fingerprint density at radius 1 is 1.15 bits per heavy atom. The molecule has 0 spiro atoms. The minimum absolute atomic E-state index is 0.103. The number of hydrogen-bond donors (Lipinski definition) is 3. The molecule has 4 heterocycles. The fourth-order valence-corrected chi connectivity index (χ4v) is 6.00. The first-order valence-corrected chi connectivity index (χ1v) is 14.5. The van der Waals surface area contributed by atoms with Crippen molar-refractivity contribution in [1.29, 1.82) is 0 Å². The van der Waals surface area contributed by atoms with Gasteiger partial charge in [0.1, 0.15) is 16.4 Å². The van der Waals surface area contributed by atoms with Gasteiger partial charge in [-0.1, -0.05) is 23.2 Å². The summed E-state index contributed by atoms with van der Waals surface area (Å²) in [5.74, 6) is 1.12. The molecular weight excluding hydrogens is 565 g/mol. The summed E-state index contributed by atoms with van der Waals surface area (Å²) in [4.78, 5) is 10.6. The molecule has 4 aromatic rings. The van der Waals surface area contributed by atoms with E-state index in [-0.39, 0.29) is 20.5 Å². The number of nitrogens with one attached hydrogen (secondary N) is 2. The maximum atomic E-state index is 12.8. The van der Waals surface area contributed by atoms with E-state index in [1.165, 1.54) is 25.8 Å². The average Bonchev–Trinajstić information content (AvgIpc) is 3.28. The molecule has 1 saturated heterocycles. The lowest BCUT2D eigenvalue weighted by Gasteiger charge is -2.49. The number of nitrogens with zero attached hydrogens (tertiary/aromatic N) is 4. The molecule has 0 unspecified atom stereocenters. The van der Waals surface area contributed by atoms with Crippen molar-refractivity contribution >= 4 is 49.8 Å². The number of halogens is 2. The van der Waals surface area contributed by atoms with Gasteiger partial charge in [0.15, 0.2) is 27.6 Å². The fraction of sp³-hybridized carbons (Fsp3) is 0.320. The third kappa shape index (κ3) is 5.10. The molecule has 206 valence electrons. The largest absolute Gasteiger partial charge is 0.493 e. The smallest absolute Gasteiger partial charge is 0.179 e. The molecule has 5 rings (SSSR count). The van der Waals surface area contributed by atoms with Crippen molar-refractivity contribution in [3.05, 3.63) is 52.4 Å². The molecule has 1 fully saturated rings. The van der Waals surface area contributed by atoms with Crippen LogP contribution in [0.5, 0.6) is 11.5 Å². The maximum Gasteiger partial charge on any atom is 0.179 e. The van der Waals surface area contributed by atoms with Crippen molar-refractivity contribution in [1.82, 2.24) is 25.5 Å². The van der Waals surface area contributed by atoms with E-state index in [2.05, 4.69) is 32.4 Å². The summed E-state index contributed by atoms with van der Waals surface area (Å²) in [6, 6.07) is 5.01. The number of benzene rings is 1. The predicted octanol–water partition coefficient (Wildman–Crippen LogP) is 3.57. The number of fused-ring (bicyclic) bond motifs is 1. The molecule has 11 nitrogen and oxygen atoms in total. The molecule has 4 N–H and O–H groups in total. The van der Waals surface area contributed by atoms with Gasteiger partial charge in [0, 0.05) is 60.5 Å². The van der Waals surface area contributed by atoms with E-state index in [0.29, 0.717) is 58.1 Å². The number of aromatic amines is 1.